The lowest BCUT2D eigenvalue weighted by atomic mass is 9.98. The van der Waals surface area contributed by atoms with Gasteiger partial charge in [0.15, 0.2) is 0 Å². The van der Waals surface area contributed by atoms with Crippen LogP contribution in [0.1, 0.15) is 12.0 Å². The van der Waals surface area contributed by atoms with Crippen molar-refractivity contribution in [3.8, 4) is 17.0 Å². The number of fused-ring (bicyclic) bond motifs is 2. The maximum atomic E-state index is 15.0. The Morgan fingerprint density at radius 1 is 1.16 bits per heavy atom. The number of pyridine rings is 2. The number of urea groups is 1. The van der Waals surface area contributed by atoms with Gasteiger partial charge in [0.25, 0.3) is 0 Å². The fraction of sp³-hybridized carbons (Fsp3) is 0.318. The van der Waals surface area contributed by atoms with Crippen molar-refractivity contribution in [3.05, 3.63) is 42.0 Å². The molecule has 0 saturated carbocycles. The molecule has 2 aliphatic rings. The summed E-state index contributed by atoms with van der Waals surface area (Å²) in [6.45, 7) is 4.29. The van der Waals surface area contributed by atoms with Crippen molar-refractivity contribution in [2.45, 2.75) is 19.4 Å². The predicted octanol–water partition coefficient (Wildman–Crippen LogP) is 3.46. The maximum absolute atomic E-state index is 15.0. The molecule has 1 saturated heterocycles. The fourth-order valence-corrected chi connectivity index (χ4v) is 3.92. The molecular formula is C22H22FN5O3. The Balaban J connectivity index is 1.46. The first-order chi connectivity index (χ1) is 15.1. The van der Waals surface area contributed by atoms with Crippen molar-refractivity contribution in [3.63, 3.8) is 0 Å². The summed E-state index contributed by atoms with van der Waals surface area (Å²) >= 11 is 0. The zero-order valence-electron chi connectivity index (χ0n) is 17.0. The number of nitrogens with zero attached hydrogens (tertiary/aromatic N) is 2. The number of hydrogen-bond acceptors (Lipinski definition) is 6. The summed E-state index contributed by atoms with van der Waals surface area (Å²) in [6.07, 6.45) is 3.96. The van der Waals surface area contributed by atoms with E-state index in [1.165, 1.54) is 6.07 Å². The van der Waals surface area contributed by atoms with E-state index in [2.05, 4.69) is 25.9 Å². The van der Waals surface area contributed by atoms with Crippen molar-refractivity contribution in [2.24, 2.45) is 0 Å². The van der Waals surface area contributed by atoms with Crippen LogP contribution in [0.25, 0.3) is 21.9 Å². The number of anilines is 2. The number of halogens is 1. The summed E-state index contributed by atoms with van der Waals surface area (Å²) in [5.41, 5.74) is 2.76. The molecule has 5 rings (SSSR count). The minimum atomic E-state index is -0.365. The molecule has 0 bridgehead atoms. The van der Waals surface area contributed by atoms with Gasteiger partial charge in [-0.1, -0.05) is 0 Å². The second kappa shape index (κ2) is 7.99. The lowest BCUT2D eigenvalue weighted by molar-refractivity contribution is 0.189. The lowest BCUT2D eigenvalue weighted by Gasteiger charge is -2.21. The van der Waals surface area contributed by atoms with Gasteiger partial charge in [0, 0.05) is 42.1 Å². The number of amides is 2. The Morgan fingerprint density at radius 3 is 2.90 bits per heavy atom. The third-order valence-corrected chi connectivity index (χ3v) is 5.55. The minimum Gasteiger partial charge on any atom is -0.474 e. The third kappa shape index (κ3) is 3.84. The zero-order valence-corrected chi connectivity index (χ0v) is 17.0. The quantitative estimate of drug-likeness (QED) is 0.597. The van der Waals surface area contributed by atoms with E-state index in [4.69, 9.17) is 9.47 Å². The summed E-state index contributed by atoms with van der Waals surface area (Å²) in [5, 5.41) is 10.3. The highest BCUT2D eigenvalue weighted by atomic mass is 19.1. The molecule has 160 valence electrons. The van der Waals surface area contributed by atoms with E-state index in [1.54, 1.807) is 24.5 Å². The number of ether oxygens (including phenoxy) is 2. The molecule has 1 fully saturated rings. The van der Waals surface area contributed by atoms with Crippen molar-refractivity contribution < 1.29 is 18.7 Å². The second-order valence-electron chi connectivity index (χ2n) is 7.66. The predicted molar refractivity (Wildman–Crippen MR) is 115 cm³/mol. The molecule has 9 heteroatoms. The average molecular weight is 423 g/mol. The third-order valence-electron chi connectivity index (χ3n) is 5.55. The second-order valence-corrected chi connectivity index (χ2v) is 7.66. The van der Waals surface area contributed by atoms with Gasteiger partial charge in [-0.2, -0.15) is 0 Å². The smallest absolute Gasteiger partial charge is 0.320 e. The number of aromatic nitrogens is 2. The highest BCUT2D eigenvalue weighted by molar-refractivity contribution is 5.94. The average Bonchev–Trinajstić information content (AvgIpc) is 3.27. The number of carbonyl (C=O) groups is 1. The number of rotatable bonds is 3. The van der Waals surface area contributed by atoms with Crippen molar-refractivity contribution in [1.82, 2.24) is 15.3 Å². The molecule has 31 heavy (non-hydrogen) atoms. The van der Waals surface area contributed by atoms with Crippen LogP contribution in [-0.4, -0.2) is 48.4 Å². The molecule has 2 aromatic heterocycles. The fourth-order valence-electron chi connectivity index (χ4n) is 3.92. The van der Waals surface area contributed by atoms with Crippen LogP contribution in [-0.2, 0) is 4.74 Å². The van der Waals surface area contributed by atoms with E-state index in [0.29, 0.717) is 54.6 Å². The van der Waals surface area contributed by atoms with Gasteiger partial charge in [-0.3, -0.25) is 5.32 Å². The van der Waals surface area contributed by atoms with E-state index < -0.39 is 0 Å². The van der Waals surface area contributed by atoms with E-state index in [0.717, 1.165) is 23.1 Å². The summed E-state index contributed by atoms with van der Waals surface area (Å²) < 4.78 is 25.8. The highest BCUT2D eigenvalue weighted by Crippen LogP contribution is 2.37. The largest absolute Gasteiger partial charge is 0.474 e. The normalized spacial score (nSPS) is 17.5. The maximum Gasteiger partial charge on any atom is 0.320 e. The lowest BCUT2D eigenvalue weighted by Crippen LogP contribution is -2.38. The van der Waals surface area contributed by atoms with E-state index in [1.807, 2.05) is 6.92 Å². The van der Waals surface area contributed by atoms with Crippen LogP contribution in [0.2, 0.25) is 0 Å². The Hall–Kier alpha value is -3.46. The SMILES string of the molecule is Cc1c(-c2cc3cc(NC(=O)N[C@H]4CCOC4)ncc3cc2F)cnc2c1NCCO2. The monoisotopic (exact) mass is 423 g/mol. The Labute approximate surface area is 178 Å². The van der Waals surface area contributed by atoms with E-state index >= 15 is 0 Å². The van der Waals surface area contributed by atoms with Gasteiger partial charge in [0.2, 0.25) is 5.88 Å². The molecule has 3 N–H and O–H groups in total. The Morgan fingerprint density at radius 2 is 2.06 bits per heavy atom. The Kier molecular flexibility index (Phi) is 5.03. The first-order valence-corrected chi connectivity index (χ1v) is 10.2. The van der Waals surface area contributed by atoms with Crippen LogP contribution in [0.5, 0.6) is 5.88 Å². The molecule has 3 aromatic rings. The number of carbonyl (C=O) groups excluding carboxylic acids is 1. The summed E-state index contributed by atoms with van der Waals surface area (Å²) in [7, 11) is 0. The molecule has 2 aliphatic heterocycles. The number of hydrogen-bond donors (Lipinski definition) is 3. The molecule has 0 spiro atoms. The summed E-state index contributed by atoms with van der Waals surface area (Å²) in [5.74, 6) is 0.551. The molecule has 0 radical (unpaired) electrons. The molecule has 0 unspecified atom stereocenters. The molecule has 8 nitrogen and oxygen atoms in total. The van der Waals surface area contributed by atoms with Gasteiger partial charge in [-0.15, -0.1) is 0 Å². The van der Waals surface area contributed by atoms with E-state index in [-0.39, 0.29) is 17.9 Å². The van der Waals surface area contributed by atoms with Crippen LogP contribution in [0, 0.1) is 12.7 Å². The van der Waals surface area contributed by atoms with Gasteiger partial charge in [0.05, 0.1) is 12.6 Å². The van der Waals surface area contributed by atoms with Gasteiger partial charge >= 0.3 is 6.03 Å². The minimum absolute atomic E-state index is 0.00164. The first kappa shape index (κ1) is 19.5. The van der Waals surface area contributed by atoms with Gasteiger partial charge in [-0.05, 0) is 42.5 Å². The Bertz CT molecular complexity index is 1160. The number of nitrogens with one attached hydrogen (secondary N) is 3. The van der Waals surface area contributed by atoms with Crippen LogP contribution in [0.3, 0.4) is 0 Å². The van der Waals surface area contributed by atoms with Crippen molar-refractivity contribution >= 4 is 28.3 Å². The van der Waals surface area contributed by atoms with Gasteiger partial charge in [-0.25, -0.2) is 19.2 Å². The van der Waals surface area contributed by atoms with Gasteiger partial charge in [0.1, 0.15) is 23.9 Å². The van der Waals surface area contributed by atoms with Crippen LogP contribution in [0.4, 0.5) is 20.7 Å². The molecular weight excluding hydrogens is 401 g/mol. The first-order valence-electron chi connectivity index (χ1n) is 10.2. The summed E-state index contributed by atoms with van der Waals surface area (Å²) in [6, 6.07) is 4.58. The topological polar surface area (TPSA) is 97.4 Å². The summed E-state index contributed by atoms with van der Waals surface area (Å²) in [4.78, 5) is 20.8. The zero-order chi connectivity index (χ0) is 21.4. The molecule has 4 heterocycles. The van der Waals surface area contributed by atoms with Gasteiger partial charge < -0.3 is 20.1 Å². The van der Waals surface area contributed by atoms with E-state index in [9.17, 15) is 9.18 Å². The van der Waals surface area contributed by atoms with Crippen molar-refractivity contribution in [1.29, 1.82) is 0 Å². The van der Waals surface area contributed by atoms with Crippen molar-refractivity contribution in [2.75, 3.05) is 37.0 Å². The van der Waals surface area contributed by atoms with Crippen LogP contribution >= 0.6 is 0 Å². The highest BCUT2D eigenvalue weighted by Gasteiger charge is 2.20. The molecule has 2 amide bonds. The molecule has 1 atom stereocenters. The van der Waals surface area contributed by atoms with Crippen LogP contribution < -0.4 is 20.7 Å². The van der Waals surface area contributed by atoms with Crippen LogP contribution in [0.15, 0.2) is 30.6 Å². The number of benzene rings is 1. The standard InChI is InChI=1S/C22H22FN5O3/c1-12-17(10-26-21-20(12)24-3-5-31-21)16-6-13-8-19(25-9-14(13)7-18(16)23)28-22(29)27-15-2-4-30-11-15/h6-10,15,24H,2-5,11H2,1H3,(H2,25,27,28,29)/t15-/m0/s1. The molecule has 1 aromatic carbocycles. The molecule has 0 aliphatic carbocycles.